The zero-order valence-electron chi connectivity index (χ0n) is 11.6. The number of aromatic nitrogens is 3. The number of rotatable bonds is 8. The number of aryl methyl sites for hydroxylation is 2. The Bertz CT molecular complexity index is 504. The van der Waals surface area contributed by atoms with Gasteiger partial charge in [0.25, 0.3) is 5.95 Å². The molecule has 0 aliphatic heterocycles. The summed E-state index contributed by atoms with van der Waals surface area (Å²) in [6, 6.07) is 0. The molecule has 0 spiro atoms. The lowest BCUT2D eigenvalue weighted by atomic mass is 10.2. The van der Waals surface area contributed by atoms with Crippen LogP contribution in [0.2, 0.25) is 0 Å². The summed E-state index contributed by atoms with van der Waals surface area (Å²) in [7, 11) is -3.43. The Hall–Kier alpha value is -1.28. The van der Waals surface area contributed by atoms with Crippen LogP contribution in [0.1, 0.15) is 32.2 Å². The molecule has 0 aliphatic carbocycles. The van der Waals surface area contributed by atoms with E-state index in [0.29, 0.717) is 13.0 Å². The monoisotopic (exact) mass is 287 g/mol. The van der Waals surface area contributed by atoms with Gasteiger partial charge in [-0.2, -0.15) is 0 Å². The second kappa shape index (κ2) is 7.34. The average Bonchev–Trinajstić information content (AvgIpc) is 2.38. The Balaban J connectivity index is 2.76. The van der Waals surface area contributed by atoms with Gasteiger partial charge in [0, 0.05) is 6.54 Å². The van der Waals surface area contributed by atoms with Crippen molar-refractivity contribution < 1.29 is 8.42 Å². The molecule has 1 aromatic rings. The zero-order chi connectivity index (χ0) is 14.3. The molecule has 0 aromatic carbocycles. The third-order valence-corrected chi connectivity index (χ3v) is 3.79. The summed E-state index contributed by atoms with van der Waals surface area (Å²) in [4.78, 5) is 4.19. The van der Waals surface area contributed by atoms with E-state index >= 15 is 0 Å². The van der Waals surface area contributed by atoms with Gasteiger partial charge in [0.1, 0.15) is 0 Å². The number of nitrogens with one attached hydrogen (secondary N) is 2. The molecule has 1 heterocycles. The van der Waals surface area contributed by atoms with E-state index in [1.807, 2.05) is 20.8 Å². The molecule has 0 radical (unpaired) electrons. The summed E-state index contributed by atoms with van der Waals surface area (Å²) >= 11 is 0. The maximum Gasteiger partial charge on any atom is 0.256 e. The number of hydrogen-bond donors (Lipinski definition) is 2. The first-order chi connectivity index (χ1) is 9.02. The highest BCUT2D eigenvalue weighted by Crippen LogP contribution is 2.08. The molecule has 0 saturated carbocycles. The first kappa shape index (κ1) is 15.8. The number of anilines is 1. The second-order valence-corrected chi connectivity index (χ2v) is 5.85. The molecule has 7 nitrogen and oxygen atoms in total. The lowest BCUT2D eigenvalue weighted by Crippen LogP contribution is -2.27. The lowest BCUT2D eigenvalue weighted by molar-refractivity contribution is 0.596. The highest BCUT2D eigenvalue weighted by Gasteiger charge is 2.13. The van der Waals surface area contributed by atoms with Gasteiger partial charge in [-0.05, 0) is 19.4 Å². The van der Waals surface area contributed by atoms with Gasteiger partial charge in [0.15, 0.2) is 0 Å². The summed E-state index contributed by atoms with van der Waals surface area (Å²) in [5.74, 6) is 0.0341. The summed E-state index contributed by atoms with van der Waals surface area (Å²) < 4.78 is 25.9. The van der Waals surface area contributed by atoms with Crippen LogP contribution in [-0.4, -0.2) is 42.4 Å². The van der Waals surface area contributed by atoms with Crippen molar-refractivity contribution in [3.05, 3.63) is 11.4 Å². The summed E-state index contributed by atoms with van der Waals surface area (Å²) in [6.07, 6.45) is 1.43. The van der Waals surface area contributed by atoms with Crippen molar-refractivity contribution in [1.29, 1.82) is 0 Å². The third kappa shape index (κ3) is 5.07. The molecule has 19 heavy (non-hydrogen) atoms. The minimum Gasteiger partial charge on any atom is -0.316 e. The van der Waals surface area contributed by atoms with Crippen LogP contribution in [0.3, 0.4) is 0 Å². The Labute approximate surface area is 114 Å². The molecule has 108 valence electrons. The van der Waals surface area contributed by atoms with Crippen LogP contribution < -0.4 is 10.0 Å². The van der Waals surface area contributed by atoms with Crippen molar-refractivity contribution >= 4 is 16.0 Å². The van der Waals surface area contributed by atoms with E-state index in [4.69, 9.17) is 0 Å². The van der Waals surface area contributed by atoms with Gasteiger partial charge in [0.2, 0.25) is 10.0 Å². The number of hydrogen-bond acceptors (Lipinski definition) is 6. The Morgan fingerprint density at radius 3 is 2.32 bits per heavy atom. The molecular weight excluding hydrogens is 266 g/mol. The van der Waals surface area contributed by atoms with E-state index in [-0.39, 0.29) is 11.7 Å². The van der Waals surface area contributed by atoms with Gasteiger partial charge < -0.3 is 5.32 Å². The van der Waals surface area contributed by atoms with Gasteiger partial charge in [-0.25, -0.2) is 18.1 Å². The molecule has 8 heteroatoms. The van der Waals surface area contributed by atoms with Crippen molar-refractivity contribution in [2.24, 2.45) is 0 Å². The molecular formula is C11H21N5O2S. The summed E-state index contributed by atoms with van der Waals surface area (Å²) in [6.45, 7) is 6.97. The van der Waals surface area contributed by atoms with E-state index in [2.05, 4.69) is 25.2 Å². The maximum absolute atomic E-state index is 11.8. The standard InChI is InChI=1S/C11H21N5O2S/c1-4-9-10(5-2)14-15-11(13-9)16-19(17,18)8-7-12-6-3/h12H,4-8H2,1-3H3,(H,13,15,16). The molecule has 1 aromatic heterocycles. The molecule has 0 unspecified atom stereocenters. The molecule has 0 aliphatic rings. The molecule has 0 amide bonds. The predicted octanol–water partition coefficient (Wildman–Crippen LogP) is 0.348. The van der Waals surface area contributed by atoms with Crippen LogP contribution in [0.15, 0.2) is 0 Å². The second-order valence-electron chi connectivity index (χ2n) is 4.01. The van der Waals surface area contributed by atoms with Crippen LogP contribution >= 0.6 is 0 Å². The van der Waals surface area contributed by atoms with Crippen LogP contribution in [-0.2, 0) is 22.9 Å². The molecule has 0 saturated heterocycles. The van der Waals surface area contributed by atoms with E-state index in [1.54, 1.807) is 0 Å². The zero-order valence-corrected chi connectivity index (χ0v) is 12.4. The fourth-order valence-electron chi connectivity index (χ4n) is 1.55. The van der Waals surface area contributed by atoms with Crippen LogP contribution in [0.4, 0.5) is 5.95 Å². The third-order valence-electron chi connectivity index (χ3n) is 2.55. The van der Waals surface area contributed by atoms with Gasteiger partial charge >= 0.3 is 0 Å². The highest BCUT2D eigenvalue weighted by atomic mass is 32.2. The SMILES string of the molecule is CCNCCS(=O)(=O)Nc1nnc(CC)c(CC)n1. The molecule has 1 rings (SSSR count). The van der Waals surface area contributed by atoms with E-state index < -0.39 is 10.0 Å². The lowest BCUT2D eigenvalue weighted by Gasteiger charge is -2.08. The first-order valence-electron chi connectivity index (χ1n) is 6.46. The number of nitrogens with zero attached hydrogens (tertiary/aromatic N) is 3. The smallest absolute Gasteiger partial charge is 0.256 e. The largest absolute Gasteiger partial charge is 0.316 e. The molecule has 0 bridgehead atoms. The van der Waals surface area contributed by atoms with Crippen molar-refractivity contribution in [3.8, 4) is 0 Å². The van der Waals surface area contributed by atoms with Gasteiger partial charge in [-0.3, -0.25) is 0 Å². The Morgan fingerprint density at radius 1 is 1.05 bits per heavy atom. The van der Waals surface area contributed by atoms with Gasteiger partial charge in [-0.1, -0.05) is 20.8 Å². The first-order valence-corrected chi connectivity index (χ1v) is 8.11. The topological polar surface area (TPSA) is 96.9 Å². The van der Waals surface area contributed by atoms with Crippen LogP contribution in [0.25, 0.3) is 0 Å². The van der Waals surface area contributed by atoms with Crippen molar-refractivity contribution in [2.75, 3.05) is 23.6 Å². The van der Waals surface area contributed by atoms with Crippen LogP contribution in [0, 0.1) is 0 Å². The van der Waals surface area contributed by atoms with Crippen molar-refractivity contribution in [3.63, 3.8) is 0 Å². The summed E-state index contributed by atoms with van der Waals surface area (Å²) in [5, 5.41) is 10.7. The van der Waals surface area contributed by atoms with Gasteiger partial charge in [0.05, 0.1) is 17.1 Å². The predicted molar refractivity (Wildman–Crippen MR) is 74.5 cm³/mol. The summed E-state index contributed by atoms with van der Waals surface area (Å²) in [5.41, 5.74) is 1.58. The van der Waals surface area contributed by atoms with Crippen molar-refractivity contribution in [2.45, 2.75) is 33.6 Å². The number of sulfonamides is 1. The molecule has 0 atom stereocenters. The fourth-order valence-corrected chi connectivity index (χ4v) is 2.43. The van der Waals surface area contributed by atoms with E-state index in [0.717, 1.165) is 24.4 Å². The molecule has 2 N–H and O–H groups in total. The maximum atomic E-state index is 11.8. The highest BCUT2D eigenvalue weighted by molar-refractivity contribution is 7.92. The quantitative estimate of drug-likeness (QED) is 0.670. The van der Waals surface area contributed by atoms with E-state index in [9.17, 15) is 8.42 Å². The fraction of sp³-hybridized carbons (Fsp3) is 0.727. The minimum atomic E-state index is -3.43. The van der Waals surface area contributed by atoms with E-state index in [1.165, 1.54) is 0 Å². The normalized spacial score (nSPS) is 11.5. The molecule has 0 fully saturated rings. The Kier molecular flexibility index (Phi) is 6.10. The van der Waals surface area contributed by atoms with Gasteiger partial charge in [-0.15, -0.1) is 10.2 Å². The van der Waals surface area contributed by atoms with Crippen molar-refractivity contribution in [1.82, 2.24) is 20.5 Å². The minimum absolute atomic E-state index is 0.0127. The Morgan fingerprint density at radius 2 is 1.74 bits per heavy atom. The van der Waals surface area contributed by atoms with Crippen LogP contribution in [0.5, 0.6) is 0 Å². The average molecular weight is 287 g/mol.